The van der Waals surface area contributed by atoms with Crippen LogP contribution in [0.1, 0.15) is 26.2 Å². The monoisotopic (exact) mass is 220 g/mol. The molecule has 0 saturated carbocycles. The first-order valence-electron chi connectivity index (χ1n) is 3.72. The second kappa shape index (κ2) is 8.16. The Hall–Kier alpha value is -0.450. The zero-order chi connectivity index (χ0) is 10.9. The smallest absolute Gasteiger partial charge is 0.475 e. The molecule has 13 heavy (non-hydrogen) atoms. The number of hydrogen-bond acceptors (Lipinski definition) is 1. The minimum absolute atomic E-state index is 0.827. The Labute approximate surface area is 79.7 Å². The highest BCUT2D eigenvalue weighted by atomic mass is 35.5. The molecule has 0 aromatic carbocycles. The quantitative estimate of drug-likeness (QED) is 0.586. The number of aliphatic carboxylic acids is 1. The molecule has 0 rings (SSSR count). The molecule has 0 aliphatic carbocycles. The Bertz CT molecular complexity index is 132. The summed E-state index contributed by atoms with van der Waals surface area (Å²) >= 11 is 5.38. The first kappa shape index (κ1) is 15.0. The molecule has 0 spiro atoms. The predicted octanol–water partition coefficient (Wildman–Crippen LogP) is 3.05. The Kier molecular flexibility index (Phi) is 9.44. The van der Waals surface area contributed by atoms with E-state index in [-0.39, 0.29) is 0 Å². The van der Waals surface area contributed by atoms with Gasteiger partial charge in [0.25, 0.3) is 0 Å². The van der Waals surface area contributed by atoms with Crippen LogP contribution in [-0.2, 0) is 4.79 Å². The van der Waals surface area contributed by atoms with Crippen LogP contribution in [0.3, 0.4) is 0 Å². The van der Waals surface area contributed by atoms with Gasteiger partial charge in [0, 0.05) is 5.88 Å². The summed E-state index contributed by atoms with van der Waals surface area (Å²) in [5, 5.41) is 7.12. The summed E-state index contributed by atoms with van der Waals surface area (Å²) in [7, 11) is 0. The van der Waals surface area contributed by atoms with Crippen molar-refractivity contribution in [3.8, 4) is 0 Å². The van der Waals surface area contributed by atoms with E-state index in [1.54, 1.807) is 0 Å². The van der Waals surface area contributed by atoms with Crippen LogP contribution in [0.2, 0.25) is 0 Å². The van der Waals surface area contributed by atoms with E-state index in [1.807, 2.05) is 0 Å². The molecule has 0 saturated heterocycles. The van der Waals surface area contributed by atoms with Crippen molar-refractivity contribution in [3.63, 3.8) is 0 Å². The average molecular weight is 221 g/mol. The molecule has 0 bridgehead atoms. The van der Waals surface area contributed by atoms with Crippen LogP contribution in [0, 0.1) is 0 Å². The topological polar surface area (TPSA) is 37.3 Å². The lowest BCUT2D eigenvalue weighted by Crippen LogP contribution is -2.21. The Morgan fingerprint density at radius 1 is 1.38 bits per heavy atom. The Morgan fingerprint density at radius 3 is 1.85 bits per heavy atom. The van der Waals surface area contributed by atoms with Crippen LogP contribution in [-0.4, -0.2) is 23.1 Å². The number of unbranched alkanes of at least 4 members (excludes halogenated alkanes) is 2. The number of halogens is 4. The molecule has 0 heterocycles. The molecule has 0 atom stereocenters. The molecular weight excluding hydrogens is 209 g/mol. The van der Waals surface area contributed by atoms with E-state index >= 15 is 0 Å². The first-order valence-corrected chi connectivity index (χ1v) is 4.25. The van der Waals surface area contributed by atoms with Crippen molar-refractivity contribution in [2.45, 2.75) is 32.4 Å². The van der Waals surface area contributed by atoms with Gasteiger partial charge in [-0.15, -0.1) is 11.6 Å². The number of rotatable bonds is 3. The third-order valence-electron chi connectivity index (χ3n) is 0.980. The highest BCUT2D eigenvalue weighted by Gasteiger charge is 2.38. The molecule has 6 heteroatoms. The van der Waals surface area contributed by atoms with E-state index < -0.39 is 12.1 Å². The van der Waals surface area contributed by atoms with E-state index in [4.69, 9.17) is 21.5 Å². The van der Waals surface area contributed by atoms with Gasteiger partial charge in [-0.25, -0.2) is 4.79 Å². The third kappa shape index (κ3) is 14.4. The zero-order valence-electron chi connectivity index (χ0n) is 7.20. The van der Waals surface area contributed by atoms with Gasteiger partial charge in [0.05, 0.1) is 0 Å². The zero-order valence-corrected chi connectivity index (χ0v) is 7.95. The van der Waals surface area contributed by atoms with E-state index in [2.05, 4.69) is 6.92 Å². The number of hydrogen-bond donors (Lipinski definition) is 1. The van der Waals surface area contributed by atoms with Gasteiger partial charge in [-0.3, -0.25) is 0 Å². The summed E-state index contributed by atoms with van der Waals surface area (Å²) in [4.78, 5) is 8.90. The summed E-state index contributed by atoms with van der Waals surface area (Å²) < 4.78 is 31.7. The fourth-order valence-electron chi connectivity index (χ4n) is 0.344. The molecule has 0 aliphatic heterocycles. The minimum Gasteiger partial charge on any atom is -0.475 e. The molecule has 80 valence electrons. The lowest BCUT2D eigenvalue weighted by Gasteiger charge is -1.93. The molecule has 0 unspecified atom stereocenters. The summed E-state index contributed by atoms with van der Waals surface area (Å²) in [6, 6.07) is 0. The summed E-state index contributed by atoms with van der Waals surface area (Å²) in [6.45, 7) is 2.17. The largest absolute Gasteiger partial charge is 0.490 e. The Balaban J connectivity index is 0. The third-order valence-corrected chi connectivity index (χ3v) is 1.25. The van der Waals surface area contributed by atoms with Crippen LogP contribution < -0.4 is 0 Å². The SMILES string of the molecule is CCCCCCl.O=C(O)C(F)(F)F. The van der Waals surface area contributed by atoms with E-state index in [0.29, 0.717) is 0 Å². The van der Waals surface area contributed by atoms with Gasteiger partial charge >= 0.3 is 12.1 Å². The maximum absolute atomic E-state index is 10.6. The van der Waals surface area contributed by atoms with Crippen molar-refractivity contribution in [3.05, 3.63) is 0 Å². The molecule has 2 nitrogen and oxygen atoms in total. The van der Waals surface area contributed by atoms with Crippen molar-refractivity contribution >= 4 is 17.6 Å². The standard InChI is InChI=1S/C5H11Cl.C2HF3O2/c1-2-3-4-5-6;3-2(4,5)1(6)7/h2-5H2,1H3;(H,6,7). The maximum Gasteiger partial charge on any atom is 0.490 e. The first-order chi connectivity index (χ1) is 5.86. The van der Waals surface area contributed by atoms with Gasteiger partial charge in [-0.1, -0.05) is 19.8 Å². The lowest BCUT2D eigenvalue weighted by molar-refractivity contribution is -0.192. The van der Waals surface area contributed by atoms with Gasteiger partial charge in [0.1, 0.15) is 0 Å². The predicted molar refractivity (Wildman–Crippen MR) is 43.9 cm³/mol. The second-order valence-electron chi connectivity index (χ2n) is 2.20. The molecule has 0 aromatic rings. The van der Waals surface area contributed by atoms with Gasteiger partial charge in [-0.2, -0.15) is 13.2 Å². The van der Waals surface area contributed by atoms with E-state index in [9.17, 15) is 13.2 Å². The minimum atomic E-state index is -5.08. The second-order valence-corrected chi connectivity index (χ2v) is 2.58. The molecule has 0 amide bonds. The molecular formula is C7H12ClF3O2. The summed E-state index contributed by atoms with van der Waals surface area (Å²) in [5.41, 5.74) is 0. The average Bonchev–Trinajstić information content (AvgIpc) is 2.00. The number of carboxylic acids is 1. The highest BCUT2D eigenvalue weighted by molar-refractivity contribution is 6.17. The van der Waals surface area contributed by atoms with Gasteiger partial charge in [-0.05, 0) is 6.42 Å². The van der Waals surface area contributed by atoms with Crippen molar-refractivity contribution in [1.29, 1.82) is 0 Å². The van der Waals surface area contributed by atoms with Crippen molar-refractivity contribution < 1.29 is 23.1 Å². The van der Waals surface area contributed by atoms with Gasteiger partial charge in [0.2, 0.25) is 0 Å². The maximum atomic E-state index is 10.6. The van der Waals surface area contributed by atoms with Crippen molar-refractivity contribution in [2.24, 2.45) is 0 Å². The molecule has 0 aromatic heterocycles. The van der Waals surface area contributed by atoms with Crippen LogP contribution in [0.5, 0.6) is 0 Å². The fourth-order valence-corrected chi connectivity index (χ4v) is 0.533. The Morgan fingerprint density at radius 2 is 1.77 bits per heavy atom. The molecule has 0 radical (unpaired) electrons. The van der Waals surface area contributed by atoms with Crippen LogP contribution in [0.25, 0.3) is 0 Å². The van der Waals surface area contributed by atoms with E-state index in [0.717, 1.165) is 5.88 Å². The van der Waals surface area contributed by atoms with Crippen LogP contribution >= 0.6 is 11.6 Å². The lowest BCUT2D eigenvalue weighted by atomic mass is 10.3. The normalized spacial score (nSPS) is 10.2. The van der Waals surface area contributed by atoms with Crippen LogP contribution in [0.4, 0.5) is 13.2 Å². The molecule has 1 N–H and O–H groups in total. The van der Waals surface area contributed by atoms with E-state index in [1.165, 1.54) is 19.3 Å². The molecule has 0 fully saturated rings. The fraction of sp³-hybridized carbons (Fsp3) is 0.857. The number of alkyl halides is 4. The van der Waals surface area contributed by atoms with Crippen molar-refractivity contribution in [1.82, 2.24) is 0 Å². The van der Waals surface area contributed by atoms with Gasteiger partial charge < -0.3 is 5.11 Å². The summed E-state index contributed by atoms with van der Waals surface area (Å²) in [5.74, 6) is -1.93. The van der Waals surface area contributed by atoms with Crippen molar-refractivity contribution in [2.75, 3.05) is 5.88 Å². The number of carbonyl (C=O) groups is 1. The molecule has 0 aliphatic rings. The number of carboxylic acid groups (broad SMARTS) is 1. The highest BCUT2D eigenvalue weighted by Crippen LogP contribution is 2.13. The van der Waals surface area contributed by atoms with Crippen LogP contribution in [0.15, 0.2) is 0 Å². The van der Waals surface area contributed by atoms with Gasteiger partial charge in [0.15, 0.2) is 0 Å². The summed E-state index contributed by atoms with van der Waals surface area (Å²) in [6.07, 6.45) is -1.35.